The second-order valence-corrected chi connectivity index (χ2v) is 5.47. The highest BCUT2D eigenvalue weighted by Gasteiger charge is 2.22. The van der Waals surface area contributed by atoms with E-state index in [9.17, 15) is 8.78 Å². The second kappa shape index (κ2) is 7.54. The largest absolute Gasteiger partial charge is 0.435 e. The molecule has 21 heavy (non-hydrogen) atoms. The van der Waals surface area contributed by atoms with Crippen LogP contribution in [0, 0.1) is 0 Å². The van der Waals surface area contributed by atoms with E-state index in [1.165, 1.54) is 25.0 Å². The zero-order valence-electron chi connectivity index (χ0n) is 12.0. The van der Waals surface area contributed by atoms with Gasteiger partial charge in [-0.15, -0.1) is 0 Å². The van der Waals surface area contributed by atoms with E-state index in [2.05, 4.69) is 21.9 Å². The molecule has 3 nitrogen and oxygen atoms in total. The Morgan fingerprint density at radius 2 is 2.10 bits per heavy atom. The molecule has 0 saturated carbocycles. The fraction of sp³-hybridized carbons (Fsp3) is 0.533. The number of piperidine rings is 1. The first-order chi connectivity index (χ1) is 10.1. The van der Waals surface area contributed by atoms with Crippen molar-refractivity contribution in [3.05, 3.63) is 24.3 Å². The molecule has 0 bridgehead atoms. The van der Waals surface area contributed by atoms with E-state index in [4.69, 9.17) is 12.2 Å². The van der Waals surface area contributed by atoms with Gasteiger partial charge in [-0.05, 0) is 62.2 Å². The van der Waals surface area contributed by atoms with Crippen molar-refractivity contribution in [2.45, 2.75) is 45.3 Å². The number of nitrogens with one attached hydrogen (secondary N) is 1. The molecule has 1 saturated heterocycles. The van der Waals surface area contributed by atoms with E-state index in [-0.39, 0.29) is 5.75 Å². The minimum atomic E-state index is -2.80. The molecule has 0 radical (unpaired) electrons. The summed E-state index contributed by atoms with van der Waals surface area (Å²) >= 11 is 5.47. The van der Waals surface area contributed by atoms with E-state index in [0.717, 1.165) is 25.1 Å². The molecule has 0 amide bonds. The quantitative estimate of drug-likeness (QED) is 0.840. The van der Waals surface area contributed by atoms with Crippen LogP contribution in [0.4, 0.5) is 14.5 Å². The zero-order chi connectivity index (χ0) is 15.2. The van der Waals surface area contributed by atoms with Crippen LogP contribution in [0.1, 0.15) is 32.6 Å². The first kappa shape index (κ1) is 15.9. The Balaban J connectivity index is 1.95. The highest BCUT2D eigenvalue weighted by Crippen LogP contribution is 2.22. The summed E-state index contributed by atoms with van der Waals surface area (Å²) in [5.41, 5.74) is 0.780. The van der Waals surface area contributed by atoms with Gasteiger partial charge in [0.2, 0.25) is 0 Å². The van der Waals surface area contributed by atoms with Crippen LogP contribution in [-0.4, -0.2) is 29.2 Å². The first-order valence-electron chi connectivity index (χ1n) is 7.22. The first-order valence-corrected chi connectivity index (χ1v) is 7.63. The Hall–Kier alpha value is -1.43. The molecule has 1 fully saturated rings. The number of benzene rings is 1. The maximum Gasteiger partial charge on any atom is 0.387 e. The van der Waals surface area contributed by atoms with Crippen LogP contribution in [0.5, 0.6) is 5.75 Å². The van der Waals surface area contributed by atoms with Gasteiger partial charge in [-0.3, -0.25) is 0 Å². The SMILES string of the molecule is CC[C@H]1CCCCN1C(=S)Nc1ccc(OC(F)F)cc1. The molecule has 1 aliphatic rings. The lowest BCUT2D eigenvalue weighted by atomic mass is 10.0. The third-order valence-corrected chi connectivity index (χ3v) is 4.03. The zero-order valence-corrected chi connectivity index (χ0v) is 12.8. The van der Waals surface area contributed by atoms with Crippen molar-refractivity contribution in [3.8, 4) is 5.75 Å². The molecular formula is C15H20F2N2OS. The average molecular weight is 314 g/mol. The van der Waals surface area contributed by atoms with Gasteiger partial charge in [0.25, 0.3) is 0 Å². The highest BCUT2D eigenvalue weighted by molar-refractivity contribution is 7.80. The third kappa shape index (κ3) is 4.52. The summed E-state index contributed by atoms with van der Waals surface area (Å²) in [5, 5.41) is 3.87. The molecule has 6 heteroatoms. The smallest absolute Gasteiger partial charge is 0.387 e. The number of ether oxygens (including phenoxy) is 1. The summed E-state index contributed by atoms with van der Waals surface area (Å²) in [4.78, 5) is 2.22. The van der Waals surface area contributed by atoms with Crippen LogP contribution in [-0.2, 0) is 0 Å². The minimum Gasteiger partial charge on any atom is -0.435 e. The number of nitrogens with zero attached hydrogens (tertiary/aromatic N) is 1. The normalized spacial score (nSPS) is 18.7. The molecule has 1 heterocycles. The summed E-state index contributed by atoms with van der Waals surface area (Å²) in [6.45, 7) is 0.336. The van der Waals surface area contributed by atoms with Gasteiger partial charge in [-0.25, -0.2) is 0 Å². The van der Waals surface area contributed by atoms with Gasteiger partial charge in [0.15, 0.2) is 5.11 Å². The maximum atomic E-state index is 12.1. The van der Waals surface area contributed by atoms with Crippen molar-refractivity contribution in [3.63, 3.8) is 0 Å². The lowest BCUT2D eigenvalue weighted by Gasteiger charge is -2.37. The minimum absolute atomic E-state index is 0.144. The monoisotopic (exact) mass is 314 g/mol. The summed E-state index contributed by atoms with van der Waals surface area (Å²) in [7, 11) is 0. The maximum absolute atomic E-state index is 12.1. The van der Waals surface area contributed by atoms with Crippen LogP contribution in [0.2, 0.25) is 0 Å². The number of anilines is 1. The summed E-state index contributed by atoms with van der Waals surface area (Å²) in [6, 6.07) is 6.87. The van der Waals surface area contributed by atoms with E-state index < -0.39 is 6.61 Å². The van der Waals surface area contributed by atoms with Crippen molar-refractivity contribution < 1.29 is 13.5 Å². The topological polar surface area (TPSA) is 24.5 Å². The fourth-order valence-corrected chi connectivity index (χ4v) is 2.97. The van der Waals surface area contributed by atoms with E-state index in [1.807, 2.05) is 0 Å². The standard InChI is InChI=1S/C15H20F2N2OS/c1-2-12-5-3-4-10-19(12)15(21)18-11-6-8-13(9-7-11)20-14(16)17/h6-9,12,14H,2-5,10H2,1H3,(H,18,21)/t12-/m0/s1. The Bertz CT molecular complexity index is 467. The van der Waals surface area contributed by atoms with Crippen molar-refractivity contribution >= 4 is 23.0 Å². The number of halogens is 2. The van der Waals surface area contributed by atoms with Crippen molar-refractivity contribution in [1.82, 2.24) is 4.90 Å². The van der Waals surface area contributed by atoms with Crippen LogP contribution < -0.4 is 10.1 Å². The van der Waals surface area contributed by atoms with Crippen LogP contribution >= 0.6 is 12.2 Å². The van der Waals surface area contributed by atoms with E-state index in [1.54, 1.807) is 12.1 Å². The summed E-state index contributed by atoms with van der Waals surface area (Å²) in [5.74, 6) is 0.144. The lowest BCUT2D eigenvalue weighted by molar-refractivity contribution is -0.0498. The average Bonchev–Trinajstić information content (AvgIpc) is 2.48. The predicted molar refractivity (Wildman–Crippen MR) is 83.9 cm³/mol. The van der Waals surface area contributed by atoms with E-state index in [0.29, 0.717) is 11.2 Å². The van der Waals surface area contributed by atoms with Crippen molar-refractivity contribution in [2.75, 3.05) is 11.9 Å². The van der Waals surface area contributed by atoms with Crippen molar-refractivity contribution in [1.29, 1.82) is 0 Å². The Morgan fingerprint density at radius 1 is 1.38 bits per heavy atom. The molecular weight excluding hydrogens is 294 g/mol. The number of alkyl halides is 2. The number of likely N-dealkylation sites (tertiary alicyclic amines) is 1. The Labute approximate surface area is 129 Å². The number of thiocarbonyl (C=S) groups is 1. The molecule has 1 N–H and O–H groups in total. The van der Waals surface area contributed by atoms with Crippen LogP contribution in [0.25, 0.3) is 0 Å². The molecule has 1 aromatic rings. The number of rotatable bonds is 4. The molecule has 1 atom stereocenters. The van der Waals surface area contributed by atoms with Gasteiger partial charge >= 0.3 is 6.61 Å². The lowest BCUT2D eigenvalue weighted by Crippen LogP contribution is -2.45. The second-order valence-electron chi connectivity index (χ2n) is 5.08. The predicted octanol–water partition coefficient (Wildman–Crippen LogP) is 4.25. The molecule has 1 aliphatic heterocycles. The fourth-order valence-electron chi connectivity index (χ4n) is 2.61. The van der Waals surface area contributed by atoms with Gasteiger partial charge < -0.3 is 15.0 Å². The third-order valence-electron chi connectivity index (χ3n) is 3.69. The van der Waals surface area contributed by atoms with Crippen LogP contribution in [0.15, 0.2) is 24.3 Å². The van der Waals surface area contributed by atoms with Crippen molar-refractivity contribution in [2.24, 2.45) is 0 Å². The molecule has 0 aliphatic carbocycles. The van der Waals surface area contributed by atoms with E-state index >= 15 is 0 Å². The number of hydrogen-bond donors (Lipinski definition) is 1. The summed E-state index contributed by atoms with van der Waals surface area (Å²) < 4.78 is 28.5. The molecule has 1 aromatic carbocycles. The van der Waals surface area contributed by atoms with Gasteiger partial charge in [0.1, 0.15) is 5.75 Å². The van der Waals surface area contributed by atoms with Gasteiger partial charge in [0, 0.05) is 18.3 Å². The molecule has 116 valence electrons. The molecule has 0 unspecified atom stereocenters. The van der Waals surface area contributed by atoms with Gasteiger partial charge in [-0.1, -0.05) is 6.92 Å². The Kier molecular flexibility index (Phi) is 5.73. The van der Waals surface area contributed by atoms with Gasteiger partial charge in [-0.2, -0.15) is 8.78 Å². The molecule has 0 aromatic heterocycles. The van der Waals surface area contributed by atoms with Crippen LogP contribution in [0.3, 0.4) is 0 Å². The number of hydrogen-bond acceptors (Lipinski definition) is 2. The molecule has 0 spiro atoms. The Morgan fingerprint density at radius 3 is 2.71 bits per heavy atom. The molecule has 2 rings (SSSR count). The summed E-state index contributed by atoms with van der Waals surface area (Å²) in [6.07, 6.45) is 4.64. The highest BCUT2D eigenvalue weighted by atomic mass is 32.1. The van der Waals surface area contributed by atoms with Gasteiger partial charge in [0.05, 0.1) is 0 Å².